The topological polar surface area (TPSA) is 118 Å². The molecule has 2 aromatic rings. The highest BCUT2D eigenvalue weighted by Crippen LogP contribution is 2.42. The third-order valence-corrected chi connectivity index (χ3v) is 7.11. The molecule has 8 nitrogen and oxygen atoms in total. The predicted molar refractivity (Wildman–Crippen MR) is 186 cm³/mol. The van der Waals surface area contributed by atoms with Crippen molar-refractivity contribution in [3.63, 3.8) is 0 Å². The van der Waals surface area contributed by atoms with Gasteiger partial charge in [-0.05, 0) is 130 Å². The first kappa shape index (κ1) is 38.0. The van der Waals surface area contributed by atoms with Gasteiger partial charge in [0, 0.05) is 12.4 Å². The first-order chi connectivity index (χ1) is 21.0. The van der Waals surface area contributed by atoms with Crippen LogP contribution in [0.2, 0.25) is 0 Å². The number of rotatable bonds is 9. The molecule has 0 spiro atoms. The molecule has 0 fully saturated rings. The van der Waals surface area contributed by atoms with Crippen LogP contribution in [0.1, 0.15) is 112 Å². The van der Waals surface area contributed by atoms with Crippen molar-refractivity contribution >= 4 is 24.4 Å². The summed E-state index contributed by atoms with van der Waals surface area (Å²) in [5.41, 5.74) is 6.04. The molecule has 2 atom stereocenters. The van der Waals surface area contributed by atoms with Crippen molar-refractivity contribution in [1.29, 1.82) is 0 Å². The van der Waals surface area contributed by atoms with E-state index in [0.29, 0.717) is 0 Å². The van der Waals surface area contributed by atoms with Crippen molar-refractivity contribution in [1.82, 2.24) is 0 Å². The van der Waals surface area contributed by atoms with Gasteiger partial charge in [0.25, 0.3) is 0 Å². The molecule has 0 saturated carbocycles. The Hall–Kier alpha value is -4.20. The summed E-state index contributed by atoms with van der Waals surface area (Å²) in [6, 6.07) is 6.82. The van der Waals surface area contributed by atoms with E-state index in [-0.39, 0.29) is 22.7 Å². The lowest BCUT2D eigenvalue weighted by Crippen LogP contribution is -2.26. The van der Waals surface area contributed by atoms with Crippen LogP contribution < -0.4 is 0 Å². The molecule has 0 amide bonds. The lowest BCUT2D eigenvalue weighted by atomic mass is 9.84. The number of hydrogen-bond donors (Lipinski definition) is 2. The van der Waals surface area contributed by atoms with Gasteiger partial charge in [0.1, 0.15) is 46.0 Å². The van der Waals surface area contributed by atoms with Crippen LogP contribution in [0, 0.1) is 41.5 Å². The maximum atomic E-state index is 13.1. The van der Waals surface area contributed by atoms with E-state index in [1.54, 1.807) is 41.5 Å². The number of nitrogens with zero attached hydrogens (tertiary/aromatic N) is 2. The lowest BCUT2D eigenvalue weighted by molar-refractivity contribution is -0.150. The third kappa shape index (κ3) is 10.4. The molecule has 250 valence electrons. The molecule has 0 saturated heterocycles. The van der Waals surface area contributed by atoms with Crippen LogP contribution in [0.4, 0.5) is 0 Å². The summed E-state index contributed by atoms with van der Waals surface area (Å²) in [6.45, 7) is 25.4. The number of aryl methyl sites for hydroxylation is 6. The number of aliphatic imine (C=N–C) groups is 2. The van der Waals surface area contributed by atoms with Crippen molar-refractivity contribution in [3.8, 4) is 0 Å². The van der Waals surface area contributed by atoms with E-state index in [2.05, 4.69) is 24.3 Å². The highest BCUT2D eigenvalue weighted by molar-refractivity contribution is 6.10. The van der Waals surface area contributed by atoms with E-state index in [1.807, 2.05) is 41.5 Å². The van der Waals surface area contributed by atoms with Crippen LogP contribution >= 0.6 is 0 Å². The summed E-state index contributed by atoms with van der Waals surface area (Å²) >= 11 is 0. The Morgan fingerprint density at radius 3 is 1.09 bits per heavy atom. The molecule has 0 aliphatic rings. The molecule has 2 rings (SSSR count). The van der Waals surface area contributed by atoms with Crippen molar-refractivity contribution < 1.29 is 29.3 Å². The zero-order valence-corrected chi connectivity index (χ0v) is 30.0. The molecule has 2 aromatic carbocycles. The van der Waals surface area contributed by atoms with Gasteiger partial charge in [-0.15, -0.1) is 0 Å². The number of allylic oxidation sites excluding steroid dienone is 2. The van der Waals surface area contributed by atoms with Gasteiger partial charge in [-0.3, -0.25) is 9.98 Å². The van der Waals surface area contributed by atoms with Gasteiger partial charge in [0.05, 0.1) is 0 Å². The monoisotopic (exact) mass is 632 g/mol. The highest BCUT2D eigenvalue weighted by Gasteiger charge is 2.31. The molecule has 0 aliphatic heterocycles. The fraction of sp³-hybridized carbons (Fsp3) is 0.474. The number of benzene rings is 2. The molecule has 2 N–H and O–H groups in total. The van der Waals surface area contributed by atoms with Gasteiger partial charge in [-0.2, -0.15) is 0 Å². The molecule has 0 aliphatic carbocycles. The van der Waals surface area contributed by atoms with Crippen LogP contribution in [-0.2, 0) is 19.1 Å². The molecular formula is C38H52N2O6. The Labute approximate surface area is 275 Å². The Bertz CT molecular complexity index is 1420. The summed E-state index contributed by atoms with van der Waals surface area (Å²) in [5, 5.41) is 21.1. The summed E-state index contributed by atoms with van der Waals surface area (Å²) in [7, 11) is 0. The maximum Gasteiger partial charge on any atom is 0.343 e. The minimum atomic E-state index is -0.787. The first-order valence-electron chi connectivity index (χ1n) is 15.5. The number of aliphatic hydroxyl groups is 2. The van der Waals surface area contributed by atoms with Crippen molar-refractivity contribution in [2.45, 2.75) is 120 Å². The third-order valence-electron chi connectivity index (χ3n) is 7.11. The number of carbonyl (C=O) groups excluding carboxylic acids is 2. The smallest absolute Gasteiger partial charge is 0.343 e. The Kier molecular flexibility index (Phi) is 12.3. The average molecular weight is 633 g/mol. The van der Waals surface area contributed by atoms with E-state index in [0.717, 1.165) is 44.5 Å². The van der Waals surface area contributed by atoms with Gasteiger partial charge in [0.15, 0.2) is 0 Å². The minimum absolute atomic E-state index is 0.0806. The maximum absolute atomic E-state index is 13.1. The summed E-state index contributed by atoms with van der Waals surface area (Å²) in [6.07, 6.45) is 2.69. The van der Waals surface area contributed by atoms with E-state index in [1.165, 1.54) is 26.3 Å². The fourth-order valence-corrected chi connectivity index (χ4v) is 5.51. The number of aliphatic hydroxyl groups excluding tert-OH is 2. The zero-order valence-electron chi connectivity index (χ0n) is 30.0. The van der Waals surface area contributed by atoms with Gasteiger partial charge in [-0.1, -0.05) is 35.4 Å². The Morgan fingerprint density at radius 2 is 0.870 bits per heavy atom. The molecular weight excluding hydrogens is 580 g/mol. The predicted octanol–water partition coefficient (Wildman–Crippen LogP) is 8.81. The van der Waals surface area contributed by atoms with Crippen molar-refractivity contribution in [2.75, 3.05) is 0 Å². The number of carbonyl (C=O) groups is 2. The lowest BCUT2D eigenvalue weighted by Gasteiger charge is -2.28. The Balaban J connectivity index is 2.99. The zero-order chi connectivity index (χ0) is 35.3. The van der Waals surface area contributed by atoms with Crippen LogP contribution in [-0.4, -0.2) is 45.8 Å². The molecule has 0 heterocycles. The van der Waals surface area contributed by atoms with E-state index in [4.69, 9.17) is 19.5 Å². The molecule has 46 heavy (non-hydrogen) atoms. The number of hydrogen-bond acceptors (Lipinski definition) is 8. The molecule has 0 unspecified atom stereocenters. The standard InChI is InChI=1S/C38H52N2O6/c1-21-15-23(3)31(24(4)16-21)33(39-19-29(27(7)41)35(43)45-37(9,10)11)34(32-25(5)17-22(2)18-26(32)6)40-20-30(28(8)42)36(44)46-38(12,13)14/h15-20,33-34,41-42H,1-14H3/b29-27+,30-28+,39-19?,40-20?/t33-,34-/m1/s1. The second kappa shape index (κ2) is 14.9. The summed E-state index contributed by atoms with van der Waals surface area (Å²) < 4.78 is 11.1. The molecule has 0 bridgehead atoms. The normalized spacial score (nSPS) is 15.0. The van der Waals surface area contributed by atoms with Gasteiger partial charge in [0.2, 0.25) is 0 Å². The first-order valence-corrected chi connectivity index (χ1v) is 15.5. The van der Waals surface area contributed by atoms with Gasteiger partial charge < -0.3 is 19.7 Å². The van der Waals surface area contributed by atoms with E-state index in [9.17, 15) is 19.8 Å². The van der Waals surface area contributed by atoms with Crippen LogP contribution in [0.5, 0.6) is 0 Å². The number of ether oxygens (including phenoxy) is 2. The van der Waals surface area contributed by atoms with E-state index < -0.39 is 35.2 Å². The largest absolute Gasteiger partial charge is 0.512 e. The summed E-state index contributed by atoms with van der Waals surface area (Å²) in [5.74, 6) is -1.88. The second-order valence-electron chi connectivity index (χ2n) is 14.1. The molecule has 0 radical (unpaired) electrons. The van der Waals surface area contributed by atoms with Crippen LogP contribution in [0.3, 0.4) is 0 Å². The second-order valence-corrected chi connectivity index (χ2v) is 14.1. The van der Waals surface area contributed by atoms with Crippen LogP contribution in [0.25, 0.3) is 0 Å². The Morgan fingerprint density at radius 1 is 0.609 bits per heavy atom. The quantitative estimate of drug-likeness (QED) is 0.123. The molecule has 8 heteroatoms. The van der Waals surface area contributed by atoms with Crippen LogP contribution in [0.15, 0.2) is 56.9 Å². The fourth-order valence-electron chi connectivity index (χ4n) is 5.51. The highest BCUT2D eigenvalue weighted by atomic mass is 16.6. The summed E-state index contributed by atoms with van der Waals surface area (Å²) in [4.78, 5) is 36.2. The van der Waals surface area contributed by atoms with Crippen molar-refractivity contribution in [2.24, 2.45) is 9.98 Å². The van der Waals surface area contributed by atoms with Crippen molar-refractivity contribution in [3.05, 3.63) is 91.4 Å². The van der Waals surface area contributed by atoms with E-state index >= 15 is 0 Å². The average Bonchev–Trinajstić information content (AvgIpc) is 2.83. The number of esters is 2. The SMILES string of the molecule is C/C(O)=C(/C=N[C@H](c1c(C)cc(C)cc1C)[C@H](N=C/C(C(=O)OC(C)(C)C)=C(/C)O)c1c(C)cc(C)cc1C)C(=O)OC(C)(C)C. The van der Waals surface area contributed by atoms with Gasteiger partial charge in [-0.25, -0.2) is 9.59 Å². The molecule has 0 aromatic heterocycles. The minimum Gasteiger partial charge on any atom is -0.512 e. The van der Waals surface area contributed by atoms with Gasteiger partial charge >= 0.3 is 11.9 Å².